The van der Waals surface area contributed by atoms with Crippen LogP contribution in [0.25, 0.3) is 0 Å². The predicted molar refractivity (Wildman–Crippen MR) is 65.1 cm³/mol. The summed E-state index contributed by atoms with van der Waals surface area (Å²) in [5, 5.41) is 2.88. The molecule has 14 heavy (non-hydrogen) atoms. The number of carbonyl (C=O) groups is 1. The van der Waals surface area contributed by atoms with Crippen LogP contribution >= 0.6 is 23.0 Å². The fraction of sp³-hybridized carbons (Fsp3) is 0.889. The Labute approximate surface area is 99.6 Å². The summed E-state index contributed by atoms with van der Waals surface area (Å²) >= 11 is 1.86. The molecule has 0 aromatic heterocycles. The van der Waals surface area contributed by atoms with Crippen LogP contribution in [0.4, 0.5) is 0 Å². The van der Waals surface area contributed by atoms with Crippen LogP contribution in [0.5, 0.6) is 0 Å². The molecule has 1 amide bonds. The number of unbranched alkanes of at least 4 members (excludes halogenated alkanes) is 1. The molecule has 0 rings (SSSR count). The van der Waals surface area contributed by atoms with Crippen LogP contribution in [-0.4, -0.2) is 24.6 Å². The lowest BCUT2D eigenvalue weighted by Gasteiger charge is -2.24. The highest BCUT2D eigenvalue weighted by molar-refractivity contribution is 14.1. The van der Waals surface area contributed by atoms with Crippen molar-refractivity contribution in [2.45, 2.75) is 38.6 Å². The summed E-state index contributed by atoms with van der Waals surface area (Å²) in [4.78, 5) is 11.4. The van der Waals surface area contributed by atoms with Crippen molar-refractivity contribution in [2.75, 3.05) is 13.2 Å². The average molecular weight is 314 g/mol. The second kappa shape index (κ2) is 7.42. The van der Waals surface area contributed by atoms with Crippen LogP contribution < -0.4 is 11.1 Å². The Bertz CT molecular complexity index is 174. The van der Waals surface area contributed by atoms with Crippen molar-refractivity contribution in [3.8, 4) is 0 Å². The van der Waals surface area contributed by atoms with Crippen molar-refractivity contribution in [3.63, 3.8) is 0 Å². The lowest BCUT2D eigenvalue weighted by Crippen LogP contribution is -2.48. The van der Waals surface area contributed by atoms with E-state index in [2.05, 4.69) is 5.32 Å². The molecule has 0 heterocycles. The summed E-state index contributed by atoms with van der Waals surface area (Å²) in [6.07, 6.45) is 2.32. The van der Waals surface area contributed by atoms with Gasteiger partial charge >= 0.3 is 0 Å². The van der Waals surface area contributed by atoms with Gasteiger partial charge in [-0.05, 0) is 26.7 Å². The van der Waals surface area contributed by atoms with Gasteiger partial charge in [0.2, 0.25) is 5.91 Å². The maximum atomic E-state index is 11.4. The minimum atomic E-state index is -0.295. The van der Waals surface area contributed by atoms with E-state index in [0.717, 1.165) is 12.8 Å². The van der Waals surface area contributed by atoms with E-state index in [1.807, 2.05) is 36.9 Å². The van der Waals surface area contributed by atoms with Crippen LogP contribution in [0.15, 0.2) is 0 Å². The standard InChI is InChI=1S/C9H19IN2O2/c1-9(2,7-11)12-8(13)5-3-4-6-14-10/h3-7,11H2,1-2H3,(H,12,13). The highest BCUT2D eigenvalue weighted by Gasteiger charge is 2.17. The van der Waals surface area contributed by atoms with E-state index >= 15 is 0 Å². The molecule has 0 aliphatic heterocycles. The number of hydrogen-bond donors (Lipinski definition) is 2. The summed E-state index contributed by atoms with van der Waals surface area (Å²) in [7, 11) is 0. The lowest BCUT2D eigenvalue weighted by atomic mass is 10.1. The van der Waals surface area contributed by atoms with Gasteiger partial charge in [-0.2, -0.15) is 0 Å². The molecule has 0 fully saturated rings. The molecule has 0 spiro atoms. The molecule has 0 bridgehead atoms. The molecule has 5 heteroatoms. The number of nitrogens with one attached hydrogen (secondary N) is 1. The van der Waals surface area contributed by atoms with Crippen LogP contribution in [0, 0.1) is 0 Å². The average Bonchev–Trinajstić information content (AvgIpc) is 2.12. The van der Waals surface area contributed by atoms with E-state index in [1.165, 1.54) is 0 Å². The largest absolute Gasteiger partial charge is 0.350 e. The smallest absolute Gasteiger partial charge is 0.220 e. The first-order valence-electron chi connectivity index (χ1n) is 4.76. The van der Waals surface area contributed by atoms with Crippen LogP contribution in [-0.2, 0) is 7.86 Å². The molecule has 0 atom stereocenters. The van der Waals surface area contributed by atoms with Gasteiger partial charge in [0.1, 0.15) is 23.0 Å². The van der Waals surface area contributed by atoms with Gasteiger partial charge in [0, 0.05) is 18.5 Å². The van der Waals surface area contributed by atoms with Gasteiger partial charge in [-0.15, -0.1) is 0 Å². The molecule has 0 aliphatic carbocycles. The van der Waals surface area contributed by atoms with Crippen LogP contribution in [0.3, 0.4) is 0 Å². The van der Waals surface area contributed by atoms with Gasteiger partial charge < -0.3 is 14.1 Å². The van der Waals surface area contributed by atoms with Gasteiger partial charge in [0.25, 0.3) is 0 Å². The Hall–Kier alpha value is 0.120. The molecule has 0 unspecified atom stereocenters. The maximum absolute atomic E-state index is 11.4. The molecule has 4 nitrogen and oxygen atoms in total. The second-order valence-corrected chi connectivity index (χ2v) is 4.53. The molecule has 84 valence electrons. The number of carbonyl (C=O) groups excluding carboxylic acids is 1. The first-order valence-corrected chi connectivity index (χ1v) is 5.64. The minimum absolute atomic E-state index is 0.0638. The topological polar surface area (TPSA) is 64.3 Å². The van der Waals surface area contributed by atoms with E-state index in [4.69, 9.17) is 8.80 Å². The SMILES string of the molecule is CC(C)(CN)NC(=O)CCCCOI. The summed E-state index contributed by atoms with van der Waals surface area (Å²) in [5.41, 5.74) is 5.20. The Morgan fingerprint density at radius 1 is 1.50 bits per heavy atom. The molecule has 0 saturated carbocycles. The van der Waals surface area contributed by atoms with Crippen molar-refractivity contribution < 1.29 is 7.86 Å². The van der Waals surface area contributed by atoms with Crippen molar-refractivity contribution in [1.82, 2.24) is 5.32 Å². The third-order valence-electron chi connectivity index (χ3n) is 1.86. The molecule has 0 aromatic carbocycles. The quantitative estimate of drug-likeness (QED) is 0.551. The van der Waals surface area contributed by atoms with E-state index in [9.17, 15) is 4.79 Å². The van der Waals surface area contributed by atoms with Gasteiger partial charge in [-0.3, -0.25) is 4.79 Å². The summed E-state index contributed by atoms with van der Waals surface area (Å²) < 4.78 is 4.86. The lowest BCUT2D eigenvalue weighted by molar-refractivity contribution is -0.122. The highest BCUT2D eigenvalue weighted by atomic mass is 127. The summed E-state index contributed by atoms with van der Waals surface area (Å²) in [5.74, 6) is 0.0638. The molecule has 0 aliphatic rings. The number of halogens is 1. The fourth-order valence-electron chi connectivity index (χ4n) is 0.933. The number of amides is 1. The van der Waals surface area contributed by atoms with Crippen molar-refractivity contribution in [2.24, 2.45) is 5.73 Å². The Balaban J connectivity index is 3.55. The Morgan fingerprint density at radius 2 is 2.14 bits per heavy atom. The number of rotatable bonds is 7. The van der Waals surface area contributed by atoms with Crippen molar-refractivity contribution in [1.29, 1.82) is 0 Å². The third kappa shape index (κ3) is 7.52. The normalized spacial score (nSPS) is 11.4. The Morgan fingerprint density at radius 3 is 2.64 bits per heavy atom. The van der Waals surface area contributed by atoms with E-state index in [1.54, 1.807) is 0 Å². The minimum Gasteiger partial charge on any atom is -0.350 e. The van der Waals surface area contributed by atoms with Gasteiger partial charge in [0.05, 0.1) is 6.61 Å². The zero-order chi connectivity index (χ0) is 11.0. The number of hydrogen-bond acceptors (Lipinski definition) is 3. The zero-order valence-corrected chi connectivity index (χ0v) is 11.0. The van der Waals surface area contributed by atoms with E-state index < -0.39 is 0 Å². The highest BCUT2D eigenvalue weighted by Crippen LogP contribution is 2.02. The molecule has 0 radical (unpaired) electrons. The van der Waals surface area contributed by atoms with Gasteiger partial charge in [0.15, 0.2) is 0 Å². The molecule has 0 aromatic rings. The molecule has 0 saturated heterocycles. The maximum Gasteiger partial charge on any atom is 0.220 e. The predicted octanol–water partition coefficient (Wildman–Crippen LogP) is 1.38. The zero-order valence-electron chi connectivity index (χ0n) is 8.81. The van der Waals surface area contributed by atoms with Crippen LogP contribution in [0.1, 0.15) is 33.1 Å². The summed E-state index contributed by atoms with van der Waals surface area (Å²) in [6.45, 7) is 4.99. The first-order chi connectivity index (χ1) is 6.52. The monoisotopic (exact) mass is 314 g/mol. The third-order valence-corrected chi connectivity index (χ3v) is 2.30. The first kappa shape index (κ1) is 14.1. The molecular formula is C9H19IN2O2. The fourth-order valence-corrected chi connectivity index (χ4v) is 1.24. The van der Waals surface area contributed by atoms with E-state index in [0.29, 0.717) is 19.6 Å². The van der Waals surface area contributed by atoms with Gasteiger partial charge in [-0.25, -0.2) is 0 Å². The van der Waals surface area contributed by atoms with Crippen molar-refractivity contribution in [3.05, 3.63) is 0 Å². The van der Waals surface area contributed by atoms with Crippen LogP contribution in [0.2, 0.25) is 0 Å². The van der Waals surface area contributed by atoms with Gasteiger partial charge in [-0.1, -0.05) is 0 Å². The Kier molecular flexibility index (Phi) is 7.48. The van der Waals surface area contributed by atoms with Crippen molar-refractivity contribution >= 4 is 28.9 Å². The summed E-state index contributed by atoms with van der Waals surface area (Å²) in [6, 6.07) is 0. The molecular weight excluding hydrogens is 295 g/mol. The van der Waals surface area contributed by atoms with E-state index in [-0.39, 0.29) is 11.4 Å². The number of nitrogens with two attached hydrogens (primary N) is 1. The second-order valence-electron chi connectivity index (χ2n) is 3.91. The molecule has 3 N–H and O–H groups in total.